The van der Waals surface area contributed by atoms with Crippen LogP contribution in [-0.4, -0.2) is 35.0 Å². The molecular weight excluding hydrogens is 388 g/mol. The molecule has 3 N–H and O–H groups in total. The standard InChI is InChI=1S/C24H32N6O/c1-17(2)23(31)29-20-12-10-19(11-13-20)16-27-24(25-4)26-14-7-15-30-18(3)28-21-8-5-6-9-22(21)30/h5-6,8-13,17H,7,14-16H2,1-4H3,(H,29,31)(H2,25,26,27). The molecule has 0 bridgehead atoms. The van der Waals surface area contributed by atoms with Crippen LogP contribution in [0.2, 0.25) is 0 Å². The number of rotatable bonds is 8. The van der Waals surface area contributed by atoms with Gasteiger partial charge in [-0.2, -0.15) is 0 Å². The molecule has 7 nitrogen and oxygen atoms in total. The Labute approximate surface area is 184 Å². The maximum absolute atomic E-state index is 11.8. The van der Waals surface area contributed by atoms with Crippen molar-refractivity contribution < 1.29 is 4.79 Å². The van der Waals surface area contributed by atoms with Crippen LogP contribution in [0.5, 0.6) is 0 Å². The molecule has 0 spiro atoms. The molecule has 0 saturated carbocycles. The fourth-order valence-corrected chi connectivity index (χ4v) is 3.32. The van der Waals surface area contributed by atoms with Crippen molar-refractivity contribution in [2.75, 3.05) is 18.9 Å². The van der Waals surface area contributed by atoms with Gasteiger partial charge in [0, 0.05) is 38.3 Å². The first-order chi connectivity index (χ1) is 15.0. The van der Waals surface area contributed by atoms with Gasteiger partial charge in [0.15, 0.2) is 5.96 Å². The number of aryl methyl sites for hydroxylation is 2. The van der Waals surface area contributed by atoms with Crippen LogP contribution in [0.4, 0.5) is 5.69 Å². The molecule has 3 rings (SSSR count). The van der Waals surface area contributed by atoms with Gasteiger partial charge in [0.2, 0.25) is 5.91 Å². The lowest BCUT2D eigenvalue weighted by Crippen LogP contribution is -2.37. The van der Waals surface area contributed by atoms with Crippen molar-refractivity contribution in [3.8, 4) is 0 Å². The molecule has 0 unspecified atom stereocenters. The van der Waals surface area contributed by atoms with E-state index < -0.39 is 0 Å². The second-order valence-electron chi connectivity index (χ2n) is 7.85. The first-order valence-electron chi connectivity index (χ1n) is 10.7. The van der Waals surface area contributed by atoms with Gasteiger partial charge in [-0.1, -0.05) is 38.1 Å². The summed E-state index contributed by atoms with van der Waals surface area (Å²) in [6.45, 7) is 8.18. The van der Waals surface area contributed by atoms with Crippen LogP contribution < -0.4 is 16.0 Å². The van der Waals surface area contributed by atoms with Gasteiger partial charge in [-0.3, -0.25) is 9.79 Å². The number of aliphatic imine (C=N–C) groups is 1. The largest absolute Gasteiger partial charge is 0.356 e. The van der Waals surface area contributed by atoms with E-state index in [2.05, 4.69) is 42.6 Å². The Hall–Kier alpha value is -3.35. The predicted octanol–water partition coefficient (Wildman–Crippen LogP) is 3.69. The number of hydrogen-bond donors (Lipinski definition) is 3. The number of aromatic nitrogens is 2. The molecule has 1 amide bonds. The molecule has 0 aliphatic rings. The lowest BCUT2D eigenvalue weighted by atomic mass is 10.1. The van der Waals surface area contributed by atoms with E-state index in [-0.39, 0.29) is 11.8 Å². The van der Waals surface area contributed by atoms with Crippen molar-refractivity contribution in [3.63, 3.8) is 0 Å². The second-order valence-corrected chi connectivity index (χ2v) is 7.85. The summed E-state index contributed by atoms with van der Waals surface area (Å²) in [6, 6.07) is 16.1. The fraction of sp³-hybridized carbons (Fsp3) is 0.375. The second kappa shape index (κ2) is 10.6. The van der Waals surface area contributed by atoms with Crippen molar-refractivity contribution in [1.29, 1.82) is 0 Å². The van der Waals surface area contributed by atoms with Crippen LogP contribution in [0.3, 0.4) is 0 Å². The molecule has 0 radical (unpaired) electrons. The third-order valence-corrected chi connectivity index (χ3v) is 5.13. The maximum Gasteiger partial charge on any atom is 0.226 e. The molecule has 0 aliphatic heterocycles. The lowest BCUT2D eigenvalue weighted by Gasteiger charge is -2.13. The van der Waals surface area contributed by atoms with E-state index in [9.17, 15) is 4.79 Å². The molecule has 0 aliphatic carbocycles. The van der Waals surface area contributed by atoms with E-state index in [1.54, 1.807) is 7.05 Å². The van der Waals surface area contributed by atoms with Crippen molar-refractivity contribution in [2.45, 2.75) is 40.3 Å². The Morgan fingerprint density at radius 3 is 2.55 bits per heavy atom. The first kappa shape index (κ1) is 22.3. The highest BCUT2D eigenvalue weighted by Crippen LogP contribution is 2.15. The van der Waals surface area contributed by atoms with Crippen LogP contribution in [0.25, 0.3) is 11.0 Å². The highest BCUT2D eigenvalue weighted by Gasteiger charge is 2.08. The number of anilines is 1. The van der Waals surface area contributed by atoms with E-state index in [4.69, 9.17) is 0 Å². The molecule has 1 aromatic heterocycles. The number of imidazole rings is 1. The van der Waals surface area contributed by atoms with Crippen LogP contribution in [-0.2, 0) is 17.9 Å². The Morgan fingerprint density at radius 2 is 1.84 bits per heavy atom. The van der Waals surface area contributed by atoms with E-state index >= 15 is 0 Å². The maximum atomic E-state index is 11.8. The van der Waals surface area contributed by atoms with Gasteiger partial charge in [-0.25, -0.2) is 4.98 Å². The Kier molecular flexibility index (Phi) is 7.65. The lowest BCUT2D eigenvalue weighted by molar-refractivity contribution is -0.118. The quantitative estimate of drug-likeness (QED) is 0.295. The zero-order valence-electron chi connectivity index (χ0n) is 18.8. The SMILES string of the molecule is CN=C(NCCCn1c(C)nc2ccccc21)NCc1ccc(NC(=O)C(C)C)cc1. The van der Waals surface area contributed by atoms with Crippen molar-refractivity contribution in [2.24, 2.45) is 10.9 Å². The average Bonchev–Trinajstić information content (AvgIpc) is 3.09. The summed E-state index contributed by atoms with van der Waals surface area (Å²) in [7, 11) is 1.77. The van der Waals surface area contributed by atoms with E-state index in [1.165, 1.54) is 5.52 Å². The minimum atomic E-state index is -0.0350. The molecule has 0 fully saturated rings. The fourth-order valence-electron chi connectivity index (χ4n) is 3.32. The van der Waals surface area contributed by atoms with Crippen LogP contribution in [0.15, 0.2) is 53.5 Å². The van der Waals surface area contributed by atoms with Gasteiger partial charge < -0.3 is 20.5 Å². The smallest absolute Gasteiger partial charge is 0.226 e. The van der Waals surface area contributed by atoms with Crippen molar-refractivity contribution in [3.05, 3.63) is 59.9 Å². The van der Waals surface area contributed by atoms with Crippen LogP contribution in [0.1, 0.15) is 31.7 Å². The zero-order valence-corrected chi connectivity index (χ0v) is 18.8. The Balaban J connectivity index is 1.43. The number of para-hydroxylation sites is 2. The molecule has 1 heterocycles. The molecule has 7 heteroatoms. The van der Waals surface area contributed by atoms with E-state index in [1.807, 2.05) is 57.2 Å². The highest BCUT2D eigenvalue weighted by atomic mass is 16.1. The summed E-state index contributed by atoms with van der Waals surface area (Å²) in [4.78, 5) is 20.7. The third-order valence-electron chi connectivity index (χ3n) is 5.13. The highest BCUT2D eigenvalue weighted by molar-refractivity contribution is 5.92. The Bertz CT molecular complexity index is 1040. The normalized spacial score (nSPS) is 11.7. The number of benzene rings is 2. The summed E-state index contributed by atoms with van der Waals surface area (Å²) >= 11 is 0. The number of hydrogen-bond acceptors (Lipinski definition) is 3. The summed E-state index contributed by atoms with van der Waals surface area (Å²) < 4.78 is 2.26. The monoisotopic (exact) mass is 420 g/mol. The molecular formula is C24H32N6O. The van der Waals surface area contributed by atoms with Gasteiger partial charge in [-0.05, 0) is 43.2 Å². The average molecular weight is 421 g/mol. The number of amides is 1. The summed E-state index contributed by atoms with van der Waals surface area (Å²) in [5.74, 6) is 1.79. The number of nitrogens with one attached hydrogen (secondary N) is 3. The number of guanidine groups is 1. The minimum Gasteiger partial charge on any atom is -0.356 e. The predicted molar refractivity (Wildman–Crippen MR) is 127 cm³/mol. The van der Waals surface area contributed by atoms with Gasteiger partial charge >= 0.3 is 0 Å². The van der Waals surface area contributed by atoms with E-state index in [0.717, 1.165) is 48.1 Å². The molecule has 3 aromatic rings. The third kappa shape index (κ3) is 6.07. The number of carbonyl (C=O) groups is 1. The summed E-state index contributed by atoms with van der Waals surface area (Å²) in [6.07, 6.45) is 0.964. The molecule has 0 saturated heterocycles. The number of nitrogens with zero attached hydrogens (tertiary/aromatic N) is 3. The van der Waals surface area contributed by atoms with Gasteiger partial charge in [0.05, 0.1) is 11.0 Å². The van der Waals surface area contributed by atoms with Gasteiger partial charge in [0.25, 0.3) is 0 Å². The Morgan fingerprint density at radius 1 is 1.10 bits per heavy atom. The summed E-state index contributed by atoms with van der Waals surface area (Å²) in [5.41, 5.74) is 4.15. The topological polar surface area (TPSA) is 83.3 Å². The molecule has 2 aromatic carbocycles. The molecule has 31 heavy (non-hydrogen) atoms. The van der Waals surface area contributed by atoms with Crippen LogP contribution in [0, 0.1) is 12.8 Å². The van der Waals surface area contributed by atoms with Crippen LogP contribution >= 0.6 is 0 Å². The first-order valence-corrected chi connectivity index (χ1v) is 10.7. The molecule has 0 atom stereocenters. The number of fused-ring (bicyclic) bond motifs is 1. The molecule has 164 valence electrons. The van der Waals surface area contributed by atoms with E-state index in [0.29, 0.717) is 6.54 Å². The van der Waals surface area contributed by atoms with Crippen molar-refractivity contribution >= 4 is 28.6 Å². The van der Waals surface area contributed by atoms with Crippen molar-refractivity contribution in [1.82, 2.24) is 20.2 Å². The number of carbonyl (C=O) groups excluding carboxylic acids is 1. The zero-order chi connectivity index (χ0) is 22.2. The van der Waals surface area contributed by atoms with Gasteiger partial charge in [0.1, 0.15) is 5.82 Å². The minimum absolute atomic E-state index is 0.0226. The van der Waals surface area contributed by atoms with Gasteiger partial charge in [-0.15, -0.1) is 0 Å². The summed E-state index contributed by atoms with van der Waals surface area (Å²) in [5, 5.41) is 9.60.